The summed E-state index contributed by atoms with van der Waals surface area (Å²) in [4.78, 5) is 36.4. The molecule has 0 fully saturated rings. The highest BCUT2D eigenvalue weighted by Crippen LogP contribution is 2.37. The molecule has 1 aliphatic rings. The Balaban J connectivity index is 1.38. The van der Waals surface area contributed by atoms with Crippen molar-refractivity contribution in [3.8, 4) is 17.2 Å². The van der Waals surface area contributed by atoms with Crippen molar-refractivity contribution in [1.29, 1.82) is 0 Å². The summed E-state index contributed by atoms with van der Waals surface area (Å²) >= 11 is 11.8. The maximum atomic E-state index is 12.7. The number of hydrazone groups is 1. The van der Waals surface area contributed by atoms with Crippen LogP contribution in [-0.4, -0.2) is 54.6 Å². The molecular formula is C32H31ClN4O8S. The van der Waals surface area contributed by atoms with Crippen LogP contribution in [-0.2, 0) is 20.9 Å². The molecule has 0 aromatic heterocycles. The highest BCUT2D eigenvalue weighted by atomic mass is 35.5. The second kappa shape index (κ2) is 15.7. The van der Waals surface area contributed by atoms with Crippen LogP contribution in [0.15, 0.2) is 77.0 Å². The monoisotopic (exact) mass is 666 g/mol. The molecule has 1 amide bonds. The van der Waals surface area contributed by atoms with Crippen LogP contribution < -0.4 is 30.3 Å². The van der Waals surface area contributed by atoms with Crippen molar-refractivity contribution in [2.75, 3.05) is 20.3 Å². The number of nitrogens with zero attached hydrogens (tertiary/aromatic N) is 1. The maximum Gasteiger partial charge on any atom is 0.338 e. The highest BCUT2D eigenvalue weighted by Gasteiger charge is 2.32. The predicted octanol–water partition coefficient (Wildman–Crippen LogP) is 4.51. The number of allylic oxidation sites excluding steroid dienone is 1. The summed E-state index contributed by atoms with van der Waals surface area (Å²) in [6.07, 6.45) is 1.38. The smallest absolute Gasteiger partial charge is 0.338 e. The second-order valence-corrected chi connectivity index (χ2v) is 10.6. The number of hydrogen-bond donors (Lipinski definition) is 4. The van der Waals surface area contributed by atoms with Crippen molar-refractivity contribution in [1.82, 2.24) is 16.1 Å². The highest BCUT2D eigenvalue weighted by molar-refractivity contribution is 7.80. The molecule has 0 saturated heterocycles. The van der Waals surface area contributed by atoms with Gasteiger partial charge < -0.3 is 34.7 Å². The van der Waals surface area contributed by atoms with Crippen molar-refractivity contribution in [2.45, 2.75) is 26.5 Å². The van der Waals surface area contributed by atoms with Crippen LogP contribution in [0, 0.1) is 0 Å². The summed E-state index contributed by atoms with van der Waals surface area (Å²) in [6, 6.07) is 15.8. The van der Waals surface area contributed by atoms with Gasteiger partial charge in [0.15, 0.2) is 23.2 Å². The molecule has 1 aliphatic heterocycles. The summed E-state index contributed by atoms with van der Waals surface area (Å²) < 4.78 is 22.3. The Bertz CT molecular complexity index is 1690. The topological polar surface area (TPSA) is 157 Å². The minimum Gasteiger partial charge on any atom is -0.493 e. The van der Waals surface area contributed by atoms with E-state index >= 15 is 0 Å². The molecule has 4 N–H and O–H groups in total. The molecule has 240 valence electrons. The first-order valence-corrected chi connectivity index (χ1v) is 14.7. The summed E-state index contributed by atoms with van der Waals surface area (Å²) in [6.45, 7) is 3.41. The average Bonchev–Trinajstić information content (AvgIpc) is 3.03. The van der Waals surface area contributed by atoms with E-state index in [-0.39, 0.29) is 30.4 Å². The Morgan fingerprint density at radius 3 is 2.52 bits per heavy atom. The third-order valence-electron chi connectivity index (χ3n) is 6.59. The van der Waals surface area contributed by atoms with E-state index in [1.807, 2.05) is 0 Å². The summed E-state index contributed by atoms with van der Waals surface area (Å²) in [7, 11) is 1.46. The van der Waals surface area contributed by atoms with Crippen LogP contribution in [0.25, 0.3) is 0 Å². The molecule has 12 nitrogen and oxygen atoms in total. The number of rotatable bonds is 13. The van der Waals surface area contributed by atoms with Gasteiger partial charge in [-0.05, 0) is 67.5 Å². The molecule has 1 atom stereocenters. The summed E-state index contributed by atoms with van der Waals surface area (Å²) in [5, 5.41) is 19.7. The van der Waals surface area contributed by atoms with Crippen molar-refractivity contribution in [3.05, 3.63) is 99.2 Å². The molecular weight excluding hydrogens is 636 g/mol. The van der Waals surface area contributed by atoms with Crippen LogP contribution in [0.1, 0.15) is 46.9 Å². The fraction of sp³-hybridized carbons (Fsp3) is 0.219. The number of benzene rings is 3. The lowest BCUT2D eigenvalue weighted by molar-refractivity contribution is -0.139. The van der Waals surface area contributed by atoms with E-state index in [9.17, 15) is 14.4 Å². The first kappa shape index (κ1) is 33.7. The molecule has 0 unspecified atom stereocenters. The molecule has 3 aromatic rings. The standard InChI is InChI=1S/C32H31ClN4O8S/c1-4-43-31(41)27-18(2)35-32(46)36-28(27)22-7-5-6-8-24(22)44-17-26(38)37-34-15-20-13-23(33)29(25(14-20)42-3)45-16-19-9-11-21(12-10-19)30(39)40/h5-15,28H,4,16-17H2,1-3H3,(H,37,38)(H,39,40)(H2,35,36,46)/t28-/m0/s1. The molecule has 46 heavy (non-hydrogen) atoms. The number of amides is 1. The first-order valence-electron chi connectivity index (χ1n) is 13.9. The minimum absolute atomic E-state index is 0.128. The molecule has 0 saturated carbocycles. The molecule has 0 spiro atoms. The van der Waals surface area contributed by atoms with E-state index in [0.29, 0.717) is 44.8 Å². The average molecular weight is 667 g/mol. The fourth-order valence-electron chi connectivity index (χ4n) is 4.46. The number of carbonyl (C=O) groups is 3. The number of para-hydroxylation sites is 1. The van der Waals surface area contributed by atoms with Gasteiger partial charge in [-0.1, -0.05) is 41.9 Å². The number of carbonyl (C=O) groups excluding carboxylic acids is 2. The molecule has 3 aromatic carbocycles. The van der Waals surface area contributed by atoms with Crippen molar-refractivity contribution in [3.63, 3.8) is 0 Å². The molecule has 1 heterocycles. The SMILES string of the molecule is CCOC(=O)C1=C(C)NC(=S)N[C@H]1c1ccccc1OCC(=O)NN=Cc1cc(Cl)c(OCc2ccc(C(=O)O)cc2)c(OC)c1. The number of nitrogens with one attached hydrogen (secondary N) is 3. The van der Waals surface area contributed by atoms with E-state index in [4.69, 9.17) is 47.9 Å². The zero-order valence-electron chi connectivity index (χ0n) is 25.1. The zero-order chi connectivity index (χ0) is 33.2. The van der Waals surface area contributed by atoms with E-state index in [0.717, 1.165) is 5.56 Å². The van der Waals surface area contributed by atoms with Crippen molar-refractivity contribution < 1.29 is 38.4 Å². The van der Waals surface area contributed by atoms with E-state index in [1.54, 1.807) is 62.4 Å². The quantitative estimate of drug-likeness (QED) is 0.0881. The predicted molar refractivity (Wildman–Crippen MR) is 174 cm³/mol. The van der Waals surface area contributed by atoms with Crippen LogP contribution in [0.2, 0.25) is 5.02 Å². The van der Waals surface area contributed by atoms with Crippen LogP contribution in [0.3, 0.4) is 0 Å². The van der Waals surface area contributed by atoms with Gasteiger partial charge in [0.05, 0.1) is 42.1 Å². The lowest BCUT2D eigenvalue weighted by Crippen LogP contribution is -2.45. The zero-order valence-corrected chi connectivity index (χ0v) is 26.7. The van der Waals surface area contributed by atoms with E-state index < -0.39 is 23.9 Å². The van der Waals surface area contributed by atoms with Gasteiger partial charge in [0.2, 0.25) is 0 Å². The molecule has 4 rings (SSSR count). The van der Waals surface area contributed by atoms with Gasteiger partial charge in [0, 0.05) is 11.3 Å². The van der Waals surface area contributed by atoms with E-state index in [1.165, 1.54) is 25.5 Å². The van der Waals surface area contributed by atoms with Gasteiger partial charge in [0.25, 0.3) is 5.91 Å². The van der Waals surface area contributed by atoms with Crippen molar-refractivity contribution in [2.24, 2.45) is 5.10 Å². The third-order valence-corrected chi connectivity index (χ3v) is 7.09. The lowest BCUT2D eigenvalue weighted by Gasteiger charge is -2.30. The third kappa shape index (κ3) is 8.52. The van der Waals surface area contributed by atoms with E-state index in [2.05, 4.69) is 21.2 Å². The Kier molecular flexibility index (Phi) is 11.5. The molecule has 0 aliphatic carbocycles. The number of esters is 1. The van der Waals surface area contributed by atoms with Crippen molar-refractivity contribution >= 4 is 53.0 Å². The Morgan fingerprint density at radius 2 is 1.83 bits per heavy atom. The number of carboxylic acids is 1. The normalized spacial score (nSPS) is 14.3. The Hall–Kier alpha value is -5.14. The number of hydrogen-bond acceptors (Lipinski definition) is 9. The Labute approximate surface area is 275 Å². The number of methoxy groups -OCH3 is 1. The van der Waals surface area contributed by atoms with Gasteiger partial charge >= 0.3 is 11.9 Å². The first-order chi connectivity index (χ1) is 22.1. The number of halogens is 1. The Morgan fingerprint density at radius 1 is 1.09 bits per heavy atom. The molecule has 14 heteroatoms. The van der Waals surface area contributed by atoms with Gasteiger partial charge in [0.1, 0.15) is 12.4 Å². The van der Waals surface area contributed by atoms with Gasteiger partial charge in [-0.3, -0.25) is 4.79 Å². The van der Waals surface area contributed by atoms with Crippen LogP contribution >= 0.6 is 23.8 Å². The minimum atomic E-state index is -1.02. The number of carboxylic acid groups (broad SMARTS) is 1. The van der Waals surface area contributed by atoms with Gasteiger partial charge in [-0.15, -0.1) is 0 Å². The largest absolute Gasteiger partial charge is 0.493 e. The number of aromatic carboxylic acids is 1. The van der Waals surface area contributed by atoms with Crippen LogP contribution in [0.4, 0.5) is 0 Å². The number of ether oxygens (including phenoxy) is 4. The number of thiocarbonyl (C=S) groups is 1. The van der Waals surface area contributed by atoms with Crippen LogP contribution in [0.5, 0.6) is 17.2 Å². The molecule has 0 radical (unpaired) electrons. The maximum absolute atomic E-state index is 12.7. The summed E-state index contributed by atoms with van der Waals surface area (Å²) in [5.74, 6) is -1.07. The molecule has 0 bridgehead atoms. The second-order valence-electron chi connectivity index (χ2n) is 9.74. The fourth-order valence-corrected chi connectivity index (χ4v) is 5.01. The van der Waals surface area contributed by atoms with Gasteiger partial charge in [-0.2, -0.15) is 5.10 Å². The lowest BCUT2D eigenvalue weighted by atomic mass is 9.95. The van der Waals surface area contributed by atoms with Gasteiger partial charge in [-0.25, -0.2) is 15.0 Å². The summed E-state index contributed by atoms with van der Waals surface area (Å²) in [5.41, 5.74) is 5.33.